The molecule has 6 nitrogen and oxygen atoms in total. The number of nitrogens with zero attached hydrogens (tertiary/aromatic N) is 3. The fraction of sp³-hybridized carbons (Fsp3) is 0.435. The minimum atomic E-state index is -0.502. The third-order valence-electron chi connectivity index (χ3n) is 6.35. The molecule has 2 aliphatic heterocycles. The van der Waals surface area contributed by atoms with Gasteiger partial charge >= 0.3 is 0 Å². The van der Waals surface area contributed by atoms with E-state index in [1.165, 1.54) is 0 Å². The maximum Gasteiger partial charge on any atom is 0.248 e. The van der Waals surface area contributed by atoms with E-state index in [-0.39, 0.29) is 11.8 Å². The first kappa shape index (κ1) is 19.5. The molecular weight excluding hydrogens is 398 g/mol. The summed E-state index contributed by atoms with van der Waals surface area (Å²) in [5.74, 6) is 1.48. The average Bonchev–Trinajstić information content (AvgIpc) is 3.52. The van der Waals surface area contributed by atoms with Gasteiger partial charge in [0.05, 0.1) is 11.3 Å². The van der Waals surface area contributed by atoms with Crippen molar-refractivity contribution in [1.29, 1.82) is 0 Å². The van der Waals surface area contributed by atoms with Crippen molar-refractivity contribution in [2.45, 2.75) is 37.0 Å². The van der Waals surface area contributed by atoms with Crippen LogP contribution in [0.5, 0.6) is 0 Å². The van der Waals surface area contributed by atoms with Gasteiger partial charge in [0.2, 0.25) is 17.7 Å². The second-order valence-corrected chi connectivity index (χ2v) is 8.89. The lowest BCUT2D eigenvalue weighted by atomic mass is 9.72. The van der Waals surface area contributed by atoms with E-state index in [0.29, 0.717) is 31.5 Å². The van der Waals surface area contributed by atoms with Gasteiger partial charge in [-0.3, -0.25) is 4.79 Å². The number of rotatable bonds is 4. The van der Waals surface area contributed by atoms with Crippen molar-refractivity contribution >= 4 is 17.2 Å². The number of piperidine rings is 1. The van der Waals surface area contributed by atoms with Crippen LogP contribution in [0, 0.1) is 0 Å². The molecule has 2 aromatic heterocycles. The Hall–Kier alpha value is -2.51. The summed E-state index contributed by atoms with van der Waals surface area (Å²) in [5.41, 5.74) is 1.55. The van der Waals surface area contributed by atoms with E-state index in [1.807, 2.05) is 39.9 Å². The van der Waals surface area contributed by atoms with E-state index in [4.69, 9.17) is 9.15 Å². The molecule has 4 heterocycles. The van der Waals surface area contributed by atoms with Gasteiger partial charge in [0.25, 0.3) is 0 Å². The summed E-state index contributed by atoms with van der Waals surface area (Å²) in [6, 6.07) is 12.2. The predicted octanol–water partition coefficient (Wildman–Crippen LogP) is 4.25. The van der Waals surface area contributed by atoms with E-state index < -0.39 is 5.41 Å². The van der Waals surface area contributed by atoms with Gasteiger partial charge in [0, 0.05) is 37.2 Å². The maximum atomic E-state index is 13.8. The van der Waals surface area contributed by atoms with Crippen LogP contribution in [0.4, 0.5) is 0 Å². The third-order valence-corrected chi connectivity index (χ3v) is 7.03. The van der Waals surface area contributed by atoms with Gasteiger partial charge < -0.3 is 14.1 Å². The lowest BCUT2D eigenvalue weighted by Gasteiger charge is -2.42. The Bertz CT molecular complexity index is 980. The molecule has 1 unspecified atom stereocenters. The Labute approximate surface area is 179 Å². The van der Waals surface area contributed by atoms with E-state index in [9.17, 15) is 4.79 Å². The van der Waals surface area contributed by atoms with Gasteiger partial charge in [0.15, 0.2) is 0 Å². The number of hydrogen-bond acceptors (Lipinski definition) is 6. The lowest BCUT2D eigenvalue weighted by molar-refractivity contribution is -0.142. The second-order valence-electron chi connectivity index (χ2n) is 8.11. The van der Waals surface area contributed by atoms with Crippen molar-refractivity contribution in [3.05, 3.63) is 58.6 Å². The number of amides is 1. The largest absolute Gasteiger partial charge is 0.420 e. The number of thiophene rings is 1. The van der Waals surface area contributed by atoms with Crippen LogP contribution in [-0.4, -0.2) is 47.3 Å². The molecular formula is C23H25N3O3S. The molecule has 1 atom stereocenters. The summed E-state index contributed by atoms with van der Waals surface area (Å²) in [6.45, 7) is 2.63. The molecule has 1 amide bonds. The Morgan fingerprint density at radius 2 is 1.97 bits per heavy atom. The van der Waals surface area contributed by atoms with Gasteiger partial charge in [-0.1, -0.05) is 30.3 Å². The van der Waals surface area contributed by atoms with Crippen molar-refractivity contribution in [3.63, 3.8) is 0 Å². The van der Waals surface area contributed by atoms with E-state index in [2.05, 4.69) is 22.3 Å². The van der Waals surface area contributed by atoms with Gasteiger partial charge in [0.1, 0.15) is 0 Å². The van der Waals surface area contributed by atoms with Gasteiger partial charge in [-0.25, -0.2) is 0 Å². The maximum absolute atomic E-state index is 13.8. The molecule has 0 bridgehead atoms. The molecule has 7 heteroatoms. The van der Waals surface area contributed by atoms with Crippen molar-refractivity contribution in [2.75, 3.05) is 26.3 Å². The summed E-state index contributed by atoms with van der Waals surface area (Å²) in [5, 5.41) is 12.5. The Balaban J connectivity index is 1.38. The Morgan fingerprint density at radius 3 is 2.73 bits per heavy atom. The molecule has 0 N–H and O–H groups in total. The minimum Gasteiger partial charge on any atom is -0.420 e. The highest BCUT2D eigenvalue weighted by atomic mass is 32.1. The number of carbonyl (C=O) groups is 1. The van der Waals surface area contributed by atoms with E-state index >= 15 is 0 Å². The SMILES string of the molecule is O=C(N1CCCC(c2nnc(-c3ccsc3)o2)C1)C1(c2ccccc2)CCOCC1. The van der Waals surface area contributed by atoms with Gasteiger partial charge in [-0.15, -0.1) is 10.2 Å². The molecule has 0 radical (unpaired) electrons. The standard InChI is InChI=1S/C23H25N3O3S/c27-22(23(9-12-28-13-10-23)19-6-2-1-3-7-19)26-11-4-5-17(15-26)20-24-25-21(29-20)18-8-14-30-16-18/h1-3,6-8,14,16-17H,4-5,9-13,15H2. The van der Waals surface area contributed by atoms with Crippen LogP contribution in [0.1, 0.15) is 43.1 Å². The van der Waals surface area contributed by atoms with Crippen molar-refractivity contribution in [2.24, 2.45) is 0 Å². The van der Waals surface area contributed by atoms with Gasteiger partial charge in [-0.05, 0) is 42.7 Å². The normalized spacial score (nSPS) is 21.5. The zero-order chi connectivity index (χ0) is 20.4. The van der Waals surface area contributed by atoms with Crippen LogP contribution < -0.4 is 0 Å². The van der Waals surface area contributed by atoms with Crippen molar-refractivity contribution in [3.8, 4) is 11.5 Å². The van der Waals surface area contributed by atoms with E-state index in [1.54, 1.807) is 11.3 Å². The van der Waals surface area contributed by atoms with Crippen LogP contribution in [0.2, 0.25) is 0 Å². The predicted molar refractivity (Wildman–Crippen MR) is 114 cm³/mol. The summed E-state index contributed by atoms with van der Waals surface area (Å²) in [6.07, 6.45) is 3.34. The molecule has 3 aromatic rings. The number of carbonyl (C=O) groups excluding carboxylic acids is 1. The molecule has 0 saturated carbocycles. The average molecular weight is 424 g/mol. The summed E-state index contributed by atoms with van der Waals surface area (Å²) in [7, 11) is 0. The summed E-state index contributed by atoms with van der Waals surface area (Å²) >= 11 is 1.61. The number of ether oxygens (including phenoxy) is 1. The van der Waals surface area contributed by atoms with Crippen LogP contribution in [0.15, 0.2) is 51.6 Å². The molecule has 2 aliphatic rings. The van der Waals surface area contributed by atoms with Crippen LogP contribution in [0.3, 0.4) is 0 Å². The van der Waals surface area contributed by atoms with Crippen LogP contribution >= 0.6 is 11.3 Å². The zero-order valence-corrected chi connectivity index (χ0v) is 17.6. The Morgan fingerprint density at radius 1 is 1.13 bits per heavy atom. The van der Waals surface area contributed by atoms with Gasteiger partial charge in [-0.2, -0.15) is 11.3 Å². The number of benzene rings is 1. The highest BCUT2D eigenvalue weighted by Crippen LogP contribution is 2.39. The number of aromatic nitrogens is 2. The van der Waals surface area contributed by atoms with Crippen molar-refractivity contribution < 1.29 is 13.9 Å². The van der Waals surface area contributed by atoms with Crippen LogP contribution in [0.25, 0.3) is 11.5 Å². The molecule has 2 saturated heterocycles. The van der Waals surface area contributed by atoms with Crippen LogP contribution in [-0.2, 0) is 14.9 Å². The third kappa shape index (κ3) is 3.56. The molecule has 156 valence electrons. The zero-order valence-electron chi connectivity index (χ0n) is 16.8. The topological polar surface area (TPSA) is 68.5 Å². The summed E-state index contributed by atoms with van der Waals surface area (Å²) < 4.78 is 11.6. The Kier molecular flexibility index (Phi) is 5.39. The first-order valence-corrected chi connectivity index (χ1v) is 11.5. The number of likely N-dealkylation sites (tertiary alicyclic amines) is 1. The molecule has 0 aliphatic carbocycles. The molecule has 2 fully saturated rings. The second kappa shape index (κ2) is 8.32. The highest BCUT2D eigenvalue weighted by molar-refractivity contribution is 7.08. The smallest absolute Gasteiger partial charge is 0.248 e. The monoisotopic (exact) mass is 423 g/mol. The molecule has 1 aromatic carbocycles. The van der Waals surface area contributed by atoms with Crippen molar-refractivity contribution in [1.82, 2.24) is 15.1 Å². The molecule has 0 spiro atoms. The van der Waals surface area contributed by atoms with E-state index in [0.717, 1.165) is 43.4 Å². The quantitative estimate of drug-likeness (QED) is 0.627. The molecule has 30 heavy (non-hydrogen) atoms. The number of hydrogen-bond donors (Lipinski definition) is 0. The fourth-order valence-electron chi connectivity index (χ4n) is 4.67. The minimum absolute atomic E-state index is 0.0789. The first-order valence-electron chi connectivity index (χ1n) is 10.5. The first-order chi connectivity index (χ1) is 14.8. The summed E-state index contributed by atoms with van der Waals surface area (Å²) in [4.78, 5) is 15.9. The fourth-order valence-corrected chi connectivity index (χ4v) is 5.30. The highest BCUT2D eigenvalue weighted by Gasteiger charge is 2.45. The molecule has 5 rings (SSSR count). The lowest BCUT2D eigenvalue weighted by Crippen LogP contribution is -2.52.